The van der Waals surface area contributed by atoms with Gasteiger partial charge < -0.3 is 10.3 Å². The molecule has 0 saturated carbocycles. The van der Waals surface area contributed by atoms with E-state index in [4.69, 9.17) is 5.73 Å². The molecule has 0 unspecified atom stereocenters. The van der Waals surface area contributed by atoms with Gasteiger partial charge >= 0.3 is 0 Å². The van der Waals surface area contributed by atoms with Crippen molar-refractivity contribution in [2.24, 2.45) is 11.7 Å². The van der Waals surface area contributed by atoms with E-state index in [1.165, 1.54) is 0 Å². The van der Waals surface area contributed by atoms with Crippen LogP contribution in [0.25, 0.3) is 10.9 Å². The lowest BCUT2D eigenvalue weighted by Crippen LogP contribution is -2.22. The minimum Gasteiger partial charge on any atom is -0.363 e. The summed E-state index contributed by atoms with van der Waals surface area (Å²) in [6.45, 7) is 4.97. The van der Waals surface area contributed by atoms with Gasteiger partial charge in [-0.25, -0.2) is 0 Å². The Balaban J connectivity index is 2.70. The largest absolute Gasteiger partial charge is 0.363 e. The molecule has 2 N–H and O–H groups in total. The van der Waals surface area contributed by atoms with Crippen LogP contribution in [0.5, 0.6) is 0 Å². The van der Waals surface area contributed by atoms with Crippen molar-refractivity contribution in [2.45, 2.75) is 20.4 Å². The summed E-state index contributed by atoms with van der Waals surface area (Å²) in [6, 6.07) is 5.68. The SMILES string of the molecule is CC(C)Cn1cc(C(=O)C(N)=O)c2c(Br)cccc21. The maximum absolute atomic E-state index is 11.9. The molecule has 0 bridgehead atoms. The topological polar surface area (TPSA) is 65.1 Å². The van der Waals surface area contributed by atoms with Crippen molar-refractivity contribution < 1.29 is 9.59 Å². The molecule has 0 radical (unpaired) electrons. The van der Waals surface area contributed by atoms with E-state index in [1.807, 2.05) is 22.8 Å². The van der Waals surface area contributed by atoms with Crippen LogP contribution in [-0.2, 0) is 11.3 Å². The van der Waals surface area contributed by atoms with Crippen molar-refractivity contribution in [3.63, 3.8) is 0 Å². The summed E-state index contributed by atoms with van der Waals surface area (Å²) >= 11 is 3.43. The first-order valence-electron chi connectivity index (χ1n) is 6.03. The van der Waals surface area contributed by atoms with Crippen molar-refractivity contribution in [3.8, 4) is 0 Å². The lowest BCUT2D eigenvalue weighted by molar-refractivity contribution is -0.114. The number of halogens is 1. The van der Waals surface area contributed by atoms with Crippen LogP contribution in [0.2, 0.25) is 0 Å². The van der Waals surface area contributed by atoms with Crippen LogP contribution in [0.1, 0.15) is 24.2 Å². The lowest BCUT2D eigenvalue weighted by Gasteiger charge is -2.08. The molecule has 1 aromatic carbocycles. The highest BCUT2D eigenvalue weighted by molar-refractivity contribution is 9.10. The molecule has 2 aromatic rings. The predicted molar refractivity (Wildman–Crippen MR) is 78.0 cm³/mol. The van der Waals surface area contributed by atoms with E-state index < -0.39 is 11.7 Å². The fraction of sp³-hybridized carbons (Fsp3) is 0.286. The van der Waals surface area contributed by atoms with Gasteiger partial charge in [0.15, 0.2) is 0 Å². The molecule has 0 aliphatic carbocycles. The fourth-order valence-electron chi connectivity index (χ4n) is 2.16. The van der Waals surface area contributed by atoms with E-state index >= 15 is 0 Å². The second-order valence-corrected chi connectivity index (χ2v) is 5.77. The smallest absolute Gasteiger partial charge is 0.289 e. The van der Waals surface area contributed by atoms with Crippen LogP contribution in [-0.4, -0.2) is 16.3 Å². The third kappa shape index (κ3) is 2.56. The molecule has 0 fully saturated rings. The summed E-state index contributed by atoms with van der Waals surface area (Å²) in [4.78, 5) is 23.0. The van der Waals surface area contributed by atoms with Gasteiger partial charge in [-0.15, -0.1) is 0 Å². The van der Waals surface area contributed by atoms with Gasteiger partial charge in [0.25, 0.3) is 11.7 Å². The number of hydrogen-bond acceptors (Lipinski definition) is 2. The van der Waals surface area contributed by atoms with Gasteiger partial charge in [-0.2, -0.15) is 0 Å². The van der Waals surface area contributed by atoms with Gasteiger partial charge in [0.2, 0.25) is 0 Å². The first-order valence-corrected chi connectivity index (χ1v) is 6.82. The number of nitrogens with two attached hydrogens (primary N) is 1. The molecule has 1 amide bonds. The molecule has 4 nitrogen and oxygen atoms in total. The summed E-state index contributed by atoms with van der Waals surface area (Å²) in [5.74, 6) is -1.15. The molecule has 0 saturated heterocycles. The molecule has 0 spiro atoms. The zero-order valence-corrected chi connectivity index (χ0v) is 12.4. The Hall–Kier alpha value is -1.62. The number of primary amides is 1. The van der Waals surface area contributed by atoms with Crippen molar-refractivity contribution in [1.82, 2.24) is 4.57 Å². The zero-order valence-electron chi connectivity index (χ0n) is 10.8. The number of fused-ring (bicyclic) bond motifs is 1. The van der Waals surface area contributed by atoms with Crippen LogP contribution in [0.4, 0.5) is 0 Å². The Morgan fingerprint density at radius 3 is 2.63 bits per heavy atom. The normalized spacial score (nSPS) is 11.2. The summed E-state index contributed by atoms with van der Waals surface area (Å²) in [5.41, 5.74) is 6.39. The Morgan fingerprint density at radius 2 is 2.05 bits per heavy atom. The van der Waals surface area contributed by atoms with Gasteiger partial charge in [-0.1, -0.05) is 35.8 Å². The van der Waals surface area contributed by atoms with Crippen molar-refractivity contribution in [3.05, 3.63) is 34.4 Å². The second-order valence-electron chi connectivity index (χ2n) is 4.92. The first-order chi connectivity index (χ1) is 8.91. The van der Waals surface area contributed by atoms with Gasteiger partial charge in [-0.3, -0.25) is 9.59 Å². The maximum Gasteiger partial charge on any atom is 0.289 e. The number of aromatic nitrogens is 1. The fourth-order valence-corrected chi connectivity index (χ4v) is 2.73. The first kappa shape index (κ1) is 13.8. The highest BCUT2D eigenvalue weighted by Crippen LogP contribution is 2.30. The second kappa shape index (κ2) is 5.17. The third-order valence-corrected chi connectivity index (χ3v) is 3.55. The molecule has 1 heterocycles. The molecule has 19 heavy (non-hydrogen) atoms. The Bertz CT molecular complexity index is 659. The Kier molecular flexibility index (Phi) is 3.75. The van der Waals surface area contributed by atoms with E-state index in [9.17, 15) is 9.59 Å². The highest BCUT2D eigenvalue weighted by Gasteiger charge is 2.21. The molecule has 1 aromatic heterocycles. The molecular formula is C14H15BrN2O2. The number of ketones is 1. The Morgan fingerprint density at radius 1 is 1.37 bits per heavy atom. The van der Waals surface area contributed by atoms with Crippen molar-refractivity contribution in [1.29, 1.82) is 0 Å². The summed E-state index contributed by atoms with van der Waals surface area (Å²) in [6.07, 6.45) is 1.71. The van der Waals surface area contributed by atoms with E-state index in [0.717, 1.165) is 21.9 Å². The maximum atomic E-state index is 11.9. The summed E-state index contributed by atoms with van der Waals surface area (Å²) in [7, 11) is 0. The van der Waals surface area contributed by atoms with Gasteiger partial charge in [-0.05, 0) is 18.1 Å². The van der Waals surface area contributed by atoms with E-state index in [-0.39, 0.29) is 0 Å². The number of carbonyl (C=O) groups excluding carboxylic acids is 2. The predicted octanol–water partition coefficient (Wildman–Crippen LogP) is 2.73. The minimum atomic E-state index is -0.931. The minimum absolute atomic E-state index is 0.357. The monoisotopic (exact) mass is 322 g/mol. The van der Waals surface area contributed by atoms with E-state index in [0.29, 0.717) is 11.5 Å². The lowest BCUT2D eigenvalue weighted by atomic mass is 10.1. The van der Waals surface area contributed by atoms with Crippen molar-refractivity contribution >= 4 is 38.5 Å². The van der Waals surface area contributed by atoms with E-state index in [2.05, 4.69) is 29.8 Å². The summed E-state index contributed by atoms with van der Waals surface area (Å²) < 4.78 is 2.78. The number of benzene rings is 1. The number of hydrogen-bond donors (Lipinski definition) is 1. The molecule has 0 aliphatic rings. The van der Waals surface area contributed by atoms with Crippen LogP contribution in [0, 0.1) is 5.92 Å². The van der Waals surface area contributed by atoms with Gasteiger partial charge in [0.1, 0.15) is 0 Å². The molecule has 100 valence electrons. The van der Waals surface area contributed by atoms with Crippen LogP contribution in [0.15, 0.2) is 28.9 Å². The number of nitrogens with zero attached hydrogens (tertiary/aromatic N) is 1. The Labute approximate surface area is 119 Å². The number of amides is 1. The van der Waals surface area contributed by atoms with Crippen molar-refractivity contribution in [2.75, 3.05) is 0 Å². The van der Waals surface area contributed by atoms with E-state index in [1.54, 1.807) is 6.20 Å². The van der Waals surface area contributed by atoms with Crippen LogP contribution < -0.4 is 5.73 Å². The molecule has 5 heteroatoms. The quantitative estimate of drug-likeness (QED) is 0.694. The van der Waals surface area contributed by atoms with Crippen LogP contribution >= 0.6 is 15.9 Å². The number of carbonyl (C=O) groups is 2. The standard InChI is InChI=1S/C14H15BrN2O2/c1-8(2)6-17-7-9(13(18)14(16)19)12-10(15)4-3-5-11(12)17/h3-5,7-8H,6H2,1-2H3,(H2,16,19). The average Bonchev–Trinajstić information content (AvgIpc) is 2.68. The number of rotatable bonds is 4. The summed E-state index contributed by atoms with van der Waals surface area (Å²) in [5, 5.41) is 0.743. The molecule has 0 aliphatic heterocycles. The third-order valence-electron chi connectivity index (χ3n) is 2.89. The number of Topliss-reactive ketones (excluding diaryl/α,β-unsaturated/α-hetero) is 1. The van der Waals surface area contributed by atoms with Crippen LogP contribution in [0.3, 0.4) is 0 Å². The molecule has 2 rings (SSSR count). The molecular weight excluding hydrogens is 308 g/mol. The highest BCUT2D eigenvalue weighted by atomic mass is 79.9. The average molecular weight is 323 g/mol. The van der Waals surface area contributed by atoms with Gasteiger partial charge in [0, 0.05) is 28.1 Å². The molecule has 0 atom stereocenters. The zero-order chi connectivity index (χ0) is 14.2. The van der Waals surface area contributed by atoms with Gasteiger partial charge in [0.05, 0.1) is 5.56 Å².